The molecule has 2 amide bonds. The van der Waals surface area contributed by atoms with E-state index in [4.69, 9.17) is 0 Å². The van der Waals surface area contributed by atoms with Gasteiger partial charge < -0.3 is 10.6 Å². The van der Waals surface area contributed by atoms with Crippen LogP contribution in [0.15, 0.2) is 30.9 Å². The molecule has 1 saturated carbocycles. The average Bonchev–Trinajstić information content (AvgIpc) is 3.01. The van der Waals surface area contributed by atoms with Crippen molar-refractivity contribution in [3.63, 3.8) is 0 Å². The second-order valence-corrected chi connectivity index (χ2v) is 7.38. The lowest BCUT2D eigenvalue weighted by Crippen LogP contribution is -2.34. The van der Waals surface area contributed by atoms with Gasteiger partial charge >= 0.3 is 0 Å². The molecule has 7 heteroatoms. The summed E-state index contributed by atoms with van der Waals surface area (Å²) in [5, 5.41) is 5.90. The highest BCUT2D eigenvalue weighted by Crippen LogP contribution is 2.18. The number of carbonyl (C=O) groups is 2. The molecule has 0 unspecified atom stereocenters. The van der Waals surface area contributed by atoms with Crippen LogP contribution in [0.1, 0.15) is 62.9 Å². The fourth-order valence-electron chi connectivity index (χ4n) is 3.15. The van der Waals surface area contributed by atoms with Crippen LogP contribution in [0.25, 0.3) is 5.82 Å². The quantitative estimate of drug-likeness (QED) is 0.791. The first kappa shape index (κ1) is 19.1. The summed E-state index contributed by atoms with van der Waals surface area (Å²) < 4.78 is 1.70. The Balaban J connectivity index is 1.62. The topological polar surface area (TPSA) is 88.9 Å². The minimum atomic E-state index is -0.138. The molecule has 27 heavy (non-hydrogen) atoms. The van der Waals surface area contributed by atoms with Crippen molar-refractivity contribution < 1.29 is 9.59 Å². The second kappa shape index (κ2) is 8.79. The van der Waals surface area contributed by atoms with Crippen LogP contribution < -0.4 is 10.6 Å². The van der Waals surface area contributed by atoms with Crippen LogP contribution in [-0.2, 0) is 4.79 Å². The monoisotopic (exact) mass is 369 g/mol. The van der Waals surface area contributed by atoms with Crippen LogP contribution in [0.4, 0.5) is 5.69 Å². The summed E-state index contributed by atoms with van der Waals surface area (Å²) >= 11 is 0. The smallest absolute Gasteiger partial charge is 0.271 e. The molecule has 7 nitrogen and oxygen atoms in total. The van der Waals surface area contributed by atoms with Crippen LogP contribution in [0.2, 0.25) is 0 Å². The first-order valence-electron chi connectivity index (χ1n) is 9.65. The van der Waals surface area contributed by atoms with Gasteiger partial charge in [0.2, 0.25) is 5.91 Å². The summed E-state index contributed by atoms with van der Waals surface area (Å²) in [7, 11) is 0. The highest BCUT2D eigenvalue weighted by atomic mass is 16.2. The maximum Gasteiger partial charge on any atom is 0.271 e. The van der Waals surface area contributed by atoms with Gasteiger partial charge in [0.1, 0.15) is 17.8 Å². The van der Waals surface area contributed by atoms with Gasteiger partial charge in [-0.3, -0.25) is 14.2 Å². The number of carbonyl (C=O) groups excluding carboxylic acids is 2. The molecular weight excluding hydrogens is 342 g/mol. The molecule has 3 rings (SSSR count). The molecule has 2 aromatic rings. The molecule has 0 bridgehead atoms. The molecule has 1 fully saturated rings. The number of imidazole rings is 1. The lowest BCUT2D eigenvalue weighted by atomic mass is 10.1. The molecule has 0 radical (unpaired) electrons. The lowest BCUT2D eigenvalue weighted by molar-refractivity contribution is -0.118. The maximum absolute atomic E-state index is 12.5. The van der Waals surface area contributed by atoms with Crippen LogP contribution in [-0.4, -0.2) is 32.4 Å². The van der Waals surface area contributed by atoms with Crippen molar-refractivity contribution in [3.8, 4) is 5.82 Å². The minimum absolute atomic E-state index is 0.0512. The van der Waals surface area contributed by atoms with E-state index in [0.29, 0.717) is 17.2 Å². The molecule has 1 aliphatic rings. The van der Waals surface area contributed by atoms with Crippen LogP contribution >= 0.6 is 0 Å². The van der Waals surface area contributed by atoms with E-state index >= 15 is 0 Å². The third-order valence-corrected chi connectivity index (χ3v) is 4.81. The molecular formula is C20H27N5O2. The van der Waals surface area contributed by atoms with E-state index in [1.165, 1.54) is 25.7 Å². The summed E-state index contributed by atoms with van der Waals surface area (Å²) in [6, 6.07) is 3.81. The van der Waals surface area contributed by atoms with Crippen molar-refractivity contribution in [3.05, 3.63) is 36.5 Å². The van der Waals surface area contributed by atoms with E-state index in [1.807, 2.05) is 13.8 Å². The summed E-state index contributed by atoms with van der Waals surface area (Å²) in [6.07, 6.45) is 11.8. The zero-order valence-corrected chi connectivity index (χ0v) is 15.9. The van der Waals surface area contributed by atoms with Crippen LogP contribution in [0.5, 0.6) is 0 Å². The SMILES string of the molecule is CC(C)C(=O)Nc1ccc(-n2cnc(C(=O)NC3CCCCCC3)c2)nc1. The summed E-state index contributed by atoms with van der Waals surface area (Å²) in [5.41, 5.74) is 1.03. The Hall–Kier alpha value is -2.70. The molecule has 1 aliphatic carbocycles. The molecule has 2 heterocycles. The normalized spacial score (nSPS) is 15.4. The van der Waals surface area contributed by atoms with Gasteiger partial charge in [-0.2, -0.15) is 0 Å². The van der Waals surface area contributed by atoms with Crippen molar-refractivity contribution in [2.75, 3.05) is 5.32 Å². The largest absolute Gasteiger partial charge is 0.348 e. The number of pyridine rings is 1. The molecule has 2 aromatic heterocycles. The number of nitrogens with one attached hydrogen (secondary N) is 2. The fraction of sp³-hybridized carbons (Fsp3) is 0.500. The predicted molar refractivity (Wildman–Crippen MR) is 104 cm³/mol. The third-order valence-electron chi connectivity index (χ3n) is 4.81. The van der Waals surface area contributed by atoms with Gasteiger partial charge in [-0.15, -0.1) is 0 Å². The number of hydrogen-bond acceptors (Lipinski definition) is 4. The fourth-order valence-corrected chi connectivity index (χ4v) is 3.15. The Morgan fingerprint density at radius 2 is 1.85 bits per heavy atom. The van der Waals surface area contributed by atoms with Crippen LogP contribution in [0.3, 0.4) is 0 Å². The predicted octanol–water partition coefficient (Wildman–Crippen LogP) is 3.31. The van der Waals surface area contributed by atoms with E-state index < -0.39 is 0 Å². The van der Waals surface area contributed by atoms with Crippen molar-refractivity contribution in [2.45, 2.75) is 58.4 Å². The van der Waals surface area contributed by atoms with E-state index in [2.05, 4.69) is 20.6 Å². The summed E-state index contributed by atoms with van der Waals surface area (Å²) in [5.74, 6) is 0.359. The first-order chi connectivity index (χ1) is 13.0. The highest BCUT2D eigenvalue weighted by molar-refractivity contribution is 5.92. The van der Waals surface area contributed by atoms with Gasteiger partial charge in [0.15, 0.2) is 0 Å². The Kier molecular flexibility index (Phi) is 6.21. The standard InChI is InChI=1S/C20H27N5O2/c1-14(2)19(26)24-16-9-10-18(21-11-16)25-12-17(22-13-25)20(27)23-15-7-5-3-4-6-8-15/h9-15H,3-8H2,1-2H3,(H,23,27)(H,24,26). The summed E-state index contributed by atoms with van der Waals surface area (Å²) in [4.78, 5) is 32.7. The van der Waals surface area contributed by atoms with Crippen LogP contribution in [0, 0.1) is 5.92 Å². The van der Waals surface area contributed by atoms with E-state index in [-0.39, 0.29) is 23.8 Å². The number of anilines is 1. The van der Waals surface area contributed by atoms with Crippen molar-refractivity contribution >= 4 is 17.5 Å². The van der Waals surface area contributed by atoms with Gasteiger partial charge in [-0.1, -0.05) is 39.5 Å². The molecule has 144 valence electrons. The third kappa shape index (κ3) is 5.15. The Morgan fingerprint density at radius 1 is 1.11 bits per heavy atom. The van der Waals surface area contributed by atoms with Gasteiger partial charge in [0, 0.05) is 18.2 Å². The van der Waals surface area contributed by atoms with Gasteiger partial charge in [0.05, 0.1) is 11.9 Å². The van der Waals surface area contributed by atoms with Crippen molar-refractivity contribution in [2.24, 2.45) is 5.92 Å². The summed E-state index contributed by atoms with van der Waals surface area (Å²) in [6.45, 7) is 3.68. The molecule has 0 aromatic carbocycles. The van der Waals surface area contributed by atoms with Crippen molar-refractivity contribution in [1.82, 2.24) is 19.9 Å². The number of rotatable bonds is 5. The molecule has 0 aliphatic heterocycles. The van der Waals surface area contributed by atoms with E-state index in [1.54, 1.807) is 35.4 Å². The van der Waals surface area contributed by atoms with E-state index in [0.717, 1.165) is 12.8 Å². The van der Waals surface area contributed by atoms with Gasteiger partial charge in [0.25, 0.3) is 5.91 Å². The molecule has 0 spiro atoms. The highest BCUT2D eigenvalue weighted by Gasteiger charge is 2.17. The number of amides is 2. The van der Waals surface area contributed by atoms with Crippen molar-refractivity contribution in [1.29, 1.82) is 0 Å². The molecule has 2 N–H and O–H groups in total. The maximum atomic E-state index is 12.5. The lowest BCUT2D eigenvalue weighted by Gasteiger charge is -2.15. The Morgan fingerprint density at radius 3 is 2.48 bits per heavy atom. The molecule has 0 saturated heterocycles. The van der Waals surface area contributed by atoms with Gasteiger partial charge in [-0.05, 0) is 25.0 Å². The Bertz CT molecular complexity index is 774. The zero-order chi connectivity index (χ0) is 19.2. The second-order valence-electron chi connectivity index (χ2n) is 7.38. The minimum Gasteiger partial charge on any atom is -0.348 e. The number of hydrogen-bond donors (Lipinski definition) is 2. The Labute approximate surface area is 159 Å². The molecule has 0 atom stereocenters. The number of nitrogens with zero attached hydrogens (tertiary/aromatic N) is 3. The first-order valence-corrected chi connectivity index (χ1v) is 9.65. The van der Waals surface area contributed by atoms with Gasteiger partial charge in [-0.25, -0.2) is 9.97 Å². The van der Waals surface area contributed by atoms with E-state index in [9.17, 15) is 9.59 Å². The zero-order valence-electron chi connectivity index (χ0n) is 15.9. The average molecular weight is 369 g/mol. The number of aromatic nitrogens is 3.